The summed E-state index contributed by atoms with van der Waals surface area (Å²) in [6, 6.07) is 3.32. The smallest absolute Gasteiger partial charge is 0.445 e. The van der Waals surface area contributed by atoms with Crippen molar-refractivity contribution in [2.75, 3.05) is 6.86 Å². The molecule has 0 unspecified atom stereocenters. The Kier molecular flexibility index (Phi) is 3.21. The average molecular weight is 236 g/mol. The van der Waals surface area contributed by atoms with Gasteiger partial charge in [0.15, 0.2) is 0 Å². The molecular formula is C10H10BFN2O3. The van der Waals surface area contributed by atoms with Crippen LogP contribution in [0, 0.1) is 6.92 Å². The maximum Gasteiger partial charge on any atom is 0.490 e. The van der Waals surface area contributed by atoms with Gasteiger partial charge in [0, 0.05) is 5.46 Å². The van der Waals surface area contributed by atoms with Crippen molar-refractivity contribution < 1.29 is 19.2 Å². The third-order valence-electron chi connectivity index (χ3n) is 2.28. The number of halogens is 1. The molecule has 0 spiro atoms. The van der Waals surface area contributed by atoms with Crippen molar-refractivity contribution in [2.45, 2.75) is 6.92 Å². The summed E-state index contributed by atoms with van der Waals surface area (Å²) in [5, 5.41) is 18.4. The number of rotatable bonds is 3. The van der Waals surface area contributed by atoms with Gasteiger partial charge in [0.25, 0.3) is 0 Å². The summed E-state index contributed by atoms with van der Waals surface area (Å²) in [7, 11) is -1.63. The first-order valence-electron chi connectivity index (χ1n) is 4.94. The first kappa shape index (κ1) is 11.8. The zero-order chi connectivity index (χ0) is 12.4. The Morgan fingerprint density at radius 2 is 2.18 bits per heavy atom. The Morgan fingerprint density at radius 1 is 1.41 bits per heavy atom. The van der Waals surface area contributed by atoms with Crippen LogP contribution >= 0.6 is 0 Å². The molecule has 1 heterocycles. The van der Waals surface area contributed by atoms with Gasteiger partial charge in [0.05, 0.1) is 17.2 Å². The molecule has 0 saturated heterocycles. The first-order valence-corrected chi connectivity index (χ1v) is 4.94. The molecular weight excluding hydrogens is 226 g/mol. The van der Waals surface area contributed by atoms with Crippen LogP contribution in [0.3, 0.4) is 0 Å². The van der Waals surface area contributed by atoms with Gasteiger partial charge < -0.3 is 14.8 Å². The molecule has 0 amide bonds. The van der Waals surface area contributed by atoms with E-state index < -0.39 is 14.0 Å². The fraction of sp³-hybridized carbons (Fsp3) is 0.200. The van der Waals surface area contributed by atoms with E-state index in [1.165, 1.54) is 6.20 Å². The number of aromatic nitrogens is 2. The molecule has 2 aromatic rings. The third kappa shape index (κ3) is 2.35. The van der Waals surface area contributed by atoms with Crippen molar-refractivity contribution in [1.82, 2.24) is 9.97 Å². The lowest BCUT2D eigenvalue weighted by Crippen LogP contribution is -2.31. The van der Waals surface area contributed by atoms with Crippen LogP contribution in [-0.2, 0) is 0 Å². The summed E-state index contributed by atoms with van der Waals surface area (Å²) >= 11 is 0. The van der Waals surface area contributed by atoms with Crippen molar-refractivity contribution in [3.8, 4) is 5.88 Å². The van der Waals surface area contributed by atoms with Crippen molar-refractivity contribution >= 4 is 23.6 Å². The van der Waals surface area contributed by atoms with E-state index in [1.807, 2.05) is 0 Å². The standard InChI is InChI=1S/C10H10BFN2O3/c1-6-2-7(11(15)16)10-8(3-6)14-9(4-13-10)17-5-12/h2-4,15-16H,5H2,1H3. The van der Waals surface area contributed by atoms with Gasteiger partial charge in [0.2, 0.25) is 12.7 Å². The van der Waals surface area contributed by atoms with Gasteiger partial charge in [-0.2, -0.15) is 0 Å². The van der Waals surface area contributed by atoms with E-state index in [9.17, 15) is 14.4 Å². The van der Waals surface area contributed by atoms with Crippen LogP contribution in [0.5, 0.6) is 5.88 Å². The number of aryl methyl sites for hydroxylation is 1. The van der Waals surface area contributed by atoms with Crippen LogP contribution < -0.4 is 10.2 Å². The summed E-state index contributed by atoms with van der Waals surface area (Å²) in [6.07, 6.45) is 1.24. The zero-order valence-electron chi connectivity index (χ0n) is 9.09. The lowest BCUT2D eigenvalue weighted by atomic mass is 9.78. The zero-order valence-corrected chi connectivity index (χ0v) is 9.09. The molecule has 0 saturated carbocycles. The molecule has 7 heteroatoms. The number of hydrogen-bond acceptors (Lipinski definition) is 5. The number of alkyl halides is 1. The molecule has 0 aliphatic carbocycles. The first-order chi connectivity index (χ1) is 8.11. The van der Waals surface area contributed by atoms with E-state index in [4.69, 9.17) is 0 Å². The minimum absolute atomic E-state index is 0.0592. The third-order valence-corrected chi connectivity index (χ3v) is 2.28. The predicted molar refractivity (Wildman–Crippen MR) is 60.7 cm³/mol. The van der Waals surface area contributed by atoms with E-state index >= 15 is 0 Å². The van der Waals surface area contributed by atoms with Crippen molar-refractivity contribution in [1.29, 1.82) is 0 Å². The highest BCUT2D eigenvalue weighted by molar-refractivity contribution is 6.61. The van der Waals surface area contributed by atoms with Gasteiger partial charge in [-0.25, -0.2) is 14.4 Å². The second kappa shape index (κ2) is 4.64. The van der Waals surface area contributed by atoms with E-state index in [-0.39, 0.29) is 11.3 Å². The van der Waals surface area contributed by atoms with Gasteiger partial charge in [-0.3, -0.25) is 0 Å². The van der Waals surface area contributed by atoms with Crippen LogP contribution in [0.2, 0.25) is 0 Å². The number of ether oxygens (including phenoxy) is 1. The van der Waals surface area contributed by atoms with E-state index in [2.05, 4.69) is 14.7 Å². The molecule has 1 aromatic heterocycles. The SMILES string of the molecule is Cc1cc(B(O)O)c2ncc(OCF)nc2c1. The minimum atomic E-state index is -1.63. The van der Waals surface area contributed by atoms with E-state index in [0.29, 0.717) is 11.0 Å². The number of nitrogens with zero attached hydrogens (tertiary/aromatic N) is 2. The maximum atomic E-state index is 12.0. The predicted octanol–water partition coefficient (Wildman–Crippen LogP) is -0.0762. The molecule has 88 valence electrons. The van der Waals surface area contributed by atoms with Crippen LogP contribution in [0.15, 0.2) is 18.3 Å². The Morgan fingerprint density at radius 3 is 2.82 bits per heavy atom. The number of benzene rings is 1. The fourth-order valence-corrected chi connectivity index (χ4v) is 1.60. The summed E-state index contributed by atoms with van der Waals surface area (Å²) < 4.78 is 16.6. The molecule has 17 heavy (non-hydrogen) atoms. The highest BCUT2D eigenvalue weighted by atomic mass is 19.1. The molecule has 2 rings (SSSR count). The summed E-state index contributed by atoms with van der Waals surface area (Å²) in [5.41, 5.74) is 1.85. The largest absolute Gasteiger partial charge is 0.490 e. The Bertz CT molecular complexity index is 550. The fourth-order valence-electron chi connectivity index (χ4n) is 1.60. The van der Waals surface area contributed by atoms with Crippen LogP contribution in [-0.4, -0.2) is 34.0 Å². The Labute approximate surface area is 97.0 Å². The summed E-state index contributed by atoms with van der Waals surface area (Å²) in [6.45, 7) is 0.803. The van der Waals surface area contributed by atoms with E-state index in [1.54, 1.807) is 19.1 Å². The molecule has 5 nitrogen and oxygen atoms in total. The molecule has 0 radical (unpaired) electrons. The van der Waals surface area contributed by atoms with Gasteiger partial charge in [0.1, 0.15) is 0 Å². The average Bonchev–Trinajstić information content (AvgIpc) is 2.27. The van der Waals surface area contributed by atoms with Crippen LogP contribution in [0.4, 0.5) is 4.39 Å². The summed E-state index contributed by atoms with van der Waals surface area (Å²) in [5.74, 6) is 0.0592. The van der Waals surface area contributed by atoms with Crippen LogP contribution in [0.25, 0.3) is 11.0 Å². The Balaban J connectivity index is 2.62. The monoisotopic (exact) mass is 236 g/mol. The second-order valence-corrected chi connectivity index (χ2v) is 3.56. The second-order valence-electron chi connectivity index (χ2n) is 3.56. The molecule has 0 aliphatic heterocycles. The molecule has 0 atom stereocenters. The van der Waals surface area contributed by atoms with Gasteiger partial charge >= 0.3 is 7.12 Å². The van der Waals surface area contributed by atoms with Crippen LogP contribution in [0.1, 0.15) is 5.56 Å². The molecule has 0 aliphatic rings. The van der Waals surface area contributed by atoms with Gasteiger partial charge in [-0.15, -0.1) is 0 Å². The quantitative estimate of drug-likeness (QED) is 0.729. The maximum absolute atomic E-state index is 12.0. The van der Waals surface area contributed by atoms with Crippen molar-refractivity contribution in [2.24, 2.45) is 0 Å². The highest BCUT2D eigenvalue weighted by Gasteiger charge is 2.17. The van der Waals surface area contributed by atoms with E-state index in [0.717, 1.165) is 5.56 Å². The minimum Gasteiger partial charge on any atom is -0.445 e. The van der Waals surface area contributed by atoms with Gasteiger partial charge in [-0.05, 0) is 18.6 Å². The lowest BCUT2D eigenvalue weighted by Gasteiger charge is -2.07. The topological polar surface area (TPSA) is 75.5 Å². The molecule has 0 fully saturated rings. The summed E-state index contributed by atoms with van der Waals surface area (Å²) in [4.78, 5) is 8.01. The molecule has 0 bridgehead atoms. The molecule has 1 aromatic carbocycles. The van der Waals surface area contributed by atoms with Crippen molar-refractivity contribution in [3.05, 3.63) is 23.9 Å². The number of fused-ring (bicyclic) bond motifs is 1. The van der Waals surface area contributed by atoms with Gasteiger partial charge in [-0.1, -0.05) is 6.07 Å². The number of hydrogen-bond donors (Lipinski definition) is 2. The molecule has 2 N–H and O–H groups in total. The highest BCUT2D eigenvalue weighted by Crippen LogP contribution is 2.14. The Hall–Kier alpha value is -1.73. The lowest BCUT2D eigenvalue weighted by molar-refractivity contribution is 0.184. The van der Waals surface area contributed by atoms with Crippen molar-refractivity contribution in [3.63, 3.8) is 0 Å². The normalized spacial score (nSPS) is 10.6.